The highest BCUT2D eigenvalue weighted by atomic mass is 16.2. The number of aromatic nitrogens is 2. The predicted molar refractivity (Wildman–Crippen MR) is 70.5 cm³/mol. The molecule has 2 aromatic rings. The Morgan fingerprint density at radius 2 is 1.84 bits per heavy atom. The number of nitrogens with two attached hydrogens (primary N) is 2. The number of primary amides is 2. The molecule has 0 unspecified atom stereocenters. The molecular weight excluding hydrogens is 244 g/mol. The van der Waals surface area contributed by atoms with Gasteiger partial charge in [-0.05, 0) is 19.4 Å². The van der Waals surface area contributed by atoms with E-state index in [1.54, 1.807) is 0 Å². The third-order valence-electron chi connectivity index (χ3n) is 2.82. The molecule has 0 saturated carbocycles. The number of nitrogens with zero attached hydrogens (tertiary/aromatic N) is 1. The van der Waals surface area contributed by atoms with Crippen molar-refractivity contribution in [1.82, 2.24) is 9.97 Å². The SMILES string of the molecule is Cc1ccc(-c2nc(C(N)=O)c(C(N)=O)[nH]2)c(C)c1. The van der Waals surface area contributed by atoms with Gasteiger partial charge >= 0.3 is 0 Å². The Morgan fingerprint density at radius 1 is 1.16 bits per heavy atom. The second-order valence-corrected chi connectivity index (χ2v) is 4.36. The first-order valence-corrected chi connectivity index (χ1v) is 5.67. The first-order chi connectivity index (χ1) is 8.90. The number of rotatable bonds is 3. The molecule has 1 aromatic heterocycles. The van der Waals surface area contributed by atoms with E-state index in [9.17, 15) is 9.59 Å². The largest absolute Gasteiger partial charge is 0.364 e. The van der Waals surface area contributed by atoms with Crippen LogP contribution in [0.4, 0.5) is 0 Å². The van der Waals surface area contributed by atoms with E-state index >= 15 is 0 Å². The molecule has 0 bridgehead atoms. The Bertz CT molecular complexity index is 642. The number of carbonyl (C=O) groups is 2. The lowest BCUT2D eigenvalue weighted by atomic mass is 10.1. The molecule has 2 amide bonds. The minimum atomic E-state index is -0.791. The number of imidazole rings is 1. The van der Waals surface area contributed by atoms with Crippen molar-refractivity contribution in [2.45, 2.75) is 13.8 Å². The average Bonchev–Trinajstić information content (AvgIpc) is 2.73. The molecular formula is C13H14N4O2. The van der Waals surface area contributed by atoms with Crippen molar-refractivity contribution >= 4 is 11.8 Å². The number of hydrogen-bond donors (Lipinski definition) is 3. The van der Waals surface area contributed by atoms with Gasteiger partial charge in [0, 0.05) is 5.56 Å². The minimum Gasteiger partial charge on any atom is -0.364 e. The summed E-state index contributed by atoms with van der Waals surface area (Å²) >= 11 is 0. The van der Waals surface area contributed by atoms with Gasteiger partial charge in [-0.3, -0.25) is 9.59 Å². The molecule has 2 rings (SSSR count). The van der Waals surface area contributed by atoms with Crippen molar-refractivity contribution in [3.63, 3.8) is 0 Å². The standard InChI is InChI=1S/C13H14N4O2/c1-6-3-4-8(7(2)5-6)13-16-9(11(14)18)10(17-13)12(15)19/h3-5H,1-2H3,(H2,14,18)(H2,15,19)(H,16,17). The number of carbonyl (C=O) groups excluding carboxylic acids is 2. The average molecular weight is 258 g/mol. The molecule has 98 valence electrons. The van der Waals surface area contributed by atoms with Crippen molar-refractivity contribution in [2.24, 2.45) is 11.5 Å². The Labute approximate surface area is 109 Å². The molecule has 0 aliphatic rings. The maximum atomic E-state index is 11.3. The molecule has 6 heteroatoms. The molecule has 0 saturated heterocycles. The number of nitrogens with one attached hydrogen (secondary N) is 1. The Hall–Kier alpha value is -2.63. The molecule has 0 aliphatic heterocycles. The second-order valence-electron chi connectivity index (χ2n) is 4.36. The third-order valence-corrected chi connectivity index (χ3v) is 2.82. The molecule has 19 heavy (non-hydrogen) atoms. The topological polar surface area (TPSA) is 115 Å². The normalized spacial score (nSPS) is 10.4. The number of aromatic amines is 1. The maximum absolute atomic E-state index is 11.3. The highest BCUT2D eigenvalue weighted by Gasteiger charge is 2.20. The van der Waals surface area contributed by atoms with Crippen LogP contribution < -0.4 is 11.5 Å². The molecule has 1 heterocycles. The van der Waals surface area contributed by atoms with E-state index in [0.717, 1.165) is 16.7 Å². The van der Waals surface area contributed by atoms with Crippen molar-refractivity contribution in [1.29, 1.82) is 0 Å². The number of benzene rings is 1. The van der Waals surface area contributed by atoms with Crippen LogP contribution in [0, 0.1) is 13.8 Å². The molecule has 0 atom stereocenters. The van der Waals surface area contributed by atoms with Gasteiger partial charge in [0.25, 0.3) is 11.8 Å². The van der Waals surface area contributed by atoms with Crippen LogP contribution in [0.15, 0.2) is 18.2 Å². The summed E-state index contributed by atoms with van der Waals surface area (Å²) in [6.45, 7) is 3.89. The van der Waals surface area contributed by atoms with E-state index in [1.807, 2.05) is 32.0 Å². The van der Waals surface area contributed by atoms with Gasteiger partial charge < -0.3 is 16.5 Å². The Balaban J connectivity index is 2.60. The Morgan fingerprint density at radius 3 is 2.32 bits per heavy atom. The lowest BCUT2D eigenvalue weighted by Crippen LogP contribution is -2.20. The summed E-state index contributed by atoms with van der Waals surface area (Å²) < 4.78 is 0. The van der Waals surface area contributed by atoms with Crippen LogP contribution in [0.1, 0.15) is 32.1 Å². The monoisotopic (exact) mass is 258 g/mol. The van der Waals surface area contributed by atoms with Gasteiger partial charge in [-0.1, -0.05) is 23.8 Å². The van der Waals surface area contributed by atoms with Crippen molar-refractivity contribution in [3.05, 3.63) is 40.7 Å². The van der Waals surface area contributed by atoms with E-state index in [2.05, 4.69) is 9.97 Å². The lowest BCUT2D eigenvalue weighted by molar-refractivity contribution is 0.0962. The zero-order valence-corrected chi connectivity index (χ0v) is 10.7. The quantitative estimate of drug-likeness (QED) is 0.759. The van der Waals surface area contributed by atoms with E-state index in [-0.39, 0.29) is 11.4 Å². The van der Waals surface area contributed by atoms with Gasteiger partial charge in [0.1, 0.15) is 11.5 Å². The molecule has 0 spiro atoms. The van der Waals surface area contributed by atoms with Gasteiger partial charge in [-0.2, -0.15) is 0 Å². The van der Waals surface area contributed by atoms with Gasteiger partial charge in [0.2, 0.25) is 0 Å². The van der Waals surface area contributed by atoms with Crippen LogP contribution in [0.2, 0.25) is 0 Å². The van der Waals surface area contributed by atoms with Crippen molar-refractivity contribution < 1.29 is 9.59 Å². The first-order valence-electron chi connectivity index (χ1n) is 5.67. The fraction of sp³-hybridized carbons (Fsp3) is 0.154. The highest BCUT2D eigenvalue weighted by molar-refractivity contribution is 6.04. The molecule has 5 N–H and O–H groups in total. The van der Waals surface area contributed by atoms with Crippen molar-refractivity contribution in [2.75, 3.05) is 0 Å². The Kier molecular flexibility index (Phi) is 3.08. The maximum Gasteiger partial charge on any atom is 0.269 e. The molecule has 1 aromatic carbocycles. The van der Waals surface area contributed by atoms with Crippen LogP contribution in [-0.4, -0.2) is 21.8 Å². The molecule has 6 nitrogen and oxygen atoms in total. The minimum absolute atomic E-state index is 0.0672. The predicted octanol–water partition coefficient (Wildman–Crippen LogP) is 0.891. The zero-order valence-electron chi connectivity index (χ0n) is 10.7. The van der Waals surface area contributed by atoms with E-state index in [4.69, 9.17) is 11.5 Å². The lowest BCUT2D eigenvalue weighted by Gasteiger charge is -2.03. The summed E-state index contributed by atoms with van der Waals surface area (Å²) in [4.78, 5) is 29.3. The number of hydrogen-bond acceptors (Lipinski definition) is 3. The summed E-state index contributed by atoms with van der Waals surface area (Å²) in [5, 5.41) is 0. The zero-order chi connectivity index (χ0) is 14.2. The molecule has 0 fully saturated rings. The van der Waals surface area contributed by atoms with Gasteiger partial charge in [0.15, 0.2) is 5.69 Å². The third kappa shape index (κ3) is 2.33. The smallest absolute Gasteiger partial charge is 0.269 e. The van der Waals surface area contributed by atoms with Crippen LogP contribution in [0.25, 0.3) is 11.4 Å². The number of aryl methyl sites for hydroxylation is 2. The number of H-pyrrole nitrogens is 1. The van der Waals surface area contributed by atoms with E-state index < -0.39 is 11.8 Å². The summed E-state index contributed by atoms with van der Waals surface area (Å²) in [6, 6.07) is 5.75. The van der Waals surface area contributed by atoms with Gasteiger partial charge in [0.05, 0.1) is 0 Å². The van der Waals surface area contributed by atoms with E-state index in [1.165, 1.54) is 0 Å². The second kappa shape index (κ2) is 4.56. The van der Waals surface area contributed by atoms with Crippen LogP contribution in [-0.2, 0) is 0 Å². The first kappa shape index (κ1) is 12.8. The fourth-order valence-electron chi connectivity index (χ4n) is 1.94. The fourth-order valence-corrected chi connectivity index (χ4v) is 1.94. The summed E-state index contributed by atoms with van der Waals surface area (Å²) in [6.07, 6.45) is 0. The highest BCUT2D eigenvalue weighted by Crippen LogP contribution is 2.22. The van der Waals surface area contributed by atoms with Gasteiger partial charge in [-0.25, -0.2) is 4.98 Å². The number of amides is 2. The molecule has 0 radical (unpaired) electrons. The molecule has 0 aliphatic carbocycles. The van der Waals surface area contributed by atoms with E-state index in [0.29, 0.717) is 5.82 Å². The summed E-state index contributed by atoms with van der Waals surface area (Å²) in [7, 11) is 0. The van der Waals surface area contributed by atoms with Crippen LogP contribution in [0.3, 0.4) is 0 Å². The van der Waals surface area contributed by atoms with Crippen LogP contribution in [0.5, 0.6) is 0 Å². The summed E-state index contributed by atoms with van der Waals surface area (Å²) in [5.41, 5.74) is 13.0. The van der Waals surface area contributed by atoms with Crippen LogP contribution >= 0.6 is 0 Å². The summed E-state index contributed by atoms with van der Waals surface area (Å²) in [5.74, 6) is -1.15. The van der Waals surface area contributed by atoms with Gasteiger partial charge in [-0.15, -0.1) is 0 Å². The van der Waals surface area contributed by atoms with Crippen molar-refractivity contribution in [3.8, 4) is 11.4 Å².